The molecule has 2 heterocycles. The van der Waals surface area contributed by atoms with Crippen molar-refractivity contribution in [1.82, 2.24) is 10.4 Å². The predicted molar refractivity (Wildman–Crippen MR) is 61.7 cm³/mol. The van der Waals surface area contributed by atoms with Crippen molar-refractivity contribution < 1.29 is 4.42 Å². The van der Waals surface area contributed by atoms with Crippen LogP contribution in [0.3, 0.4) is 0 Å². The van der Waals surface area contributed by atoms with Crippen molar-refractivity contribution in [2.75, 3.05) is 0 Å². The van der Waals surface area contributed by atoms with Gasteiger partial charge in [-0.3, -0.25) is 10.8 Å². The maximum atomic E-state index is 5.72. The molecule has 1 atom stereocenters. The Morgan fingerprint density at radius 2 is 2.06 bits per heavy atom. The van der Waals surface area contributed by atoms with Crippen molar-refractivity contribution in [3.05, 3.63) is 53.2 Å². The third-order valence-electron chi connectivity index (χ3n) is 2.33. The molecule has 3 N–H and O–H groups in total. The molecule has 1 unspecified atom stereocenters. The average Bonchev–Trinajstić information content (AvgIpc) is 2.74. The monoisotopic (exact) mass is 237 g/mol. The van der Waals surface area contributed by atoms with Crippen LogP contribution in [0.4, 0.5) is 0 Å². The maximum absolute atomic E-state index is 5.72. The molecule has 0 aliphatic rings. The SMILES string of the molecule is NNC(Cc1ccncc1)c1ccc(Cl)o1. The van der Waals surface area contributed by atoms with E-state index in [-0.39, 0.29) is 6.04 Å². The highest BCUT2D eigenvalue weighted by atomic mass is 35.5. The number of nitrogens with one attached hydrogen (secondary N) is 1. The van der Waals surface area contributed by atoms with Crippen LogP contribution in [0.25, 0.3) is 0 Å². The van der Waals surface area contributed by atoms with Gasteiger partial charge in [0.1, 0.15) is 5.76 Å². The first-order valence-corrected chi connectivity index (χ1v) is 5.27. The number of halogens is 1. The molecular weight excluding hydrogens is 226 g/mol. The second kappa shape index (κ2) is 5.12. The number of rotatable bonds is 4. The van der Waals surface area contributed by atoms with E-state index in [0.717, 1.165) is 17.7 Å². The summed E-state index contributed by atoms with van der Waals surface area (Å²) in [5, 5.41) is 0.366. The van der Waals surface area contributed by atoms with E-state index < -0.39 is 0 Å². The highest BCUT2D eigenvalue weighted by Gasteiger charge is 2.14. The molecule has 0 fully saturated rings. The number of hydrogen-bond acceptors (Lipinski definition) is 4. The summed E-state index contributed by atoms with van der Waals surface area (Å²) < 4.78 is 5.32. The molecule has 0 bridgehead atoms. The van der Waals surface area contributed by atoms with E-state index in [9.17, 15) is 0 Å². The van der Waals surface area contributed by atoms with E-state index >= 15 is 0 Å². The Morgan fingerprint density at radius 3 is 2.62 bits per heavy atom. The topological polar surface area (TPSA) is 64.1 Å². The Kier molecular flexibility index (Phi) is 3.56. The Hall–Kier alpha value is -1.36. The van der Waals surface area contributed by atoms with E-state index in [2.05, 4.69) is 10.4 Å². The molecule has 2 rings (SSSR count). The molecule has 2 aromatic rings. The number of aromatic nitrogens is 1. The molecule has 0 saturated carbocycles. The number of hydrazine groups is 1. The van der Waals surface area contributed by atoms with Crippen molar-refractivity contribution in [3.63, 3.8) is 0 Å². The fourth-order valence-corrected chi connectivity index (χ4v) is 1.66. The van der Waals surface area contributed by atoms with Crippen molar-refractivity contribution in [1.29, 1.82) is 0 Å². The quantitative estimate of drug-likeness (QED) is 0.631. The van der Waals surface area contributed by atoms with Crippen LogP contribution >= 0.6 is 11.6 Å². The molecule has 0 aromatic carbocycles. The van der Waals surface area contributed by atoms with Crippen LogP contribution in [0.1, 0.15) is 17.4 Å². The lowest BCUT2D eigenvalue weighted by molar-refractivity contribution is 0.417. The zero-order valence-corrected chi connectivity index (χ0v) is 9.32. The Labute approximate surface area is 98.4 Å². The van der Waals surface area contributed by atoms with Crippen LogP contribution in [0.2, 0.25) is 5.22 Å². The van der Waals surface area contributed by atoms with Crippen LogP contribution in [0, 0.1) is 0 Å². The predicted octanol–water partition coefficient (Wildman–Crippen LogP) is 2.08. The highest BCUT2D eigenvalue weighted by Crippen LogP contribution is 2.22. The molecule has 2 aromatic heterocycles. The molecule has 4 nitrogen and oxygen atoms in total. The molecule has 0 aliphatic carbocycles. The van der Waals surface area contributed by atoms with Gasteiger partial charge in [-0.05, 0) is 47.9 Å². The van der Waals surface area contributed by atoms with Crippen molar-refractivity contribution in [2.45, 2.75) is 12.5 Å². The van der Waals surface area contributed by atoms with E-state index in [4.69, 9.17) is 21.9 Å². The standard InChI is InChI=1S/C11H12ClN3O/c12-11-2-1-10(16-11)9(15-13)7-8-3-5-14-6-4-8/h1-6,9,15H,7,13H2. The molecule has 0 saturated heterocycles. The van der Waals surface area contributed by atoms with Gasteiger partial charge >= 0.3 is 0 Å². The van der Waals surface area contributed by atoms with Gasteiger partial charge in [0.05, 0.1) is 6.04 Å². The van der Waals surface area contributed by atoms with Crippen molar-refractivity contribution >= 4 is 11.6 Å². The van der Waals surface area contributed by atoms with E-state index in [1.165, 1.54) is 0 Å². The third-order valence-corrected chi connectivity index (χ3v) is 2.53. The Morgan fingerprint density at radius 1 is 1.31 bits per heavy atom. The zero-order valence-electron chi connectivity index (χ0n) is 8.56. The first-order valence-electron chi connectivity index (χ1n) is 4.90. The summed E-state index contributed by atoms with van der Waals surface area (Å²) in [6.07, 6.45) is 4.22. The lowest BCUT2D eigenvalue weighted by atomic mass is 10.1. The summed E-state index contributed by atoms with van der Waals surface area (Å²) in [6, 6.07) is 7.31. The summed E-state index contributed by atoms with van der Waals surface area (Å²) in [6.45, 7) is 0. The van der Waals surface area contributed by atoms with Gasteiger partial charge in [-0.1, -0.05) is 0 Å². The van der Waals surface area contributed by atoms with Gasteiger partial charge in [0.25, 0.3) is 0 Å². The van der Waals surface area contributed by atoms with Crippen LogP contribution < -0.4 is 11.3 Å². The molecule has 0 aliphatic heterocycles. The largest absolute Gasteiger partial charge is 0.448 e. The fourth-order valence-electron chi connectivity index (χ4n) is 1.51. The van der Waals surface area contributed by atoms with Crippen LogP contribution in [-0.2, 0) is 6.42 Å². The summed E-state index contributed by atoms with van der Waals surface area (Å²) >= 11 is 5.72. The summed E-state index contributed by atoms with van der Waals surface area (Å²) in [7, 11) is 0. The lowest BCUT2D eigenvalue weighted by Gasteiger charge is -2.12. The lowest BCUT2D eigenvalue weighted by Crippen LogP contribution is -2.29. The minimum atomic E-state index is -0.0881. The third kappa shape index (κ3) is 2.61. The van der Waals surface area contributed by atoms with Gasteiger partial charge in [0.2, 0.25) is 0 Å². The molecular formula is C11H12ClN3O. The second-order valence-electron chi connectivity index (χ2n) is 3.42. The molecule has 84 valence electrons. The summed E-state index contributed by atoms with van der Waals surface area (Å²) in [4.78, 5) is 3.96. The van der Waals surface area contributed by atoms with Crippen molar-refractivity contribution in [3.8, 4) is 0 Å². The molecule has 0 radical (unpaired) electrons. The minimum Gasteiger partial charge on any atom is -0.448 e. The average molecular weight is 238 g/mol. The number of nitrogens with zero attached hydrogens (tertiary/aromatic N) is 1. The van der Waals surface area contributed by atoms with E-state index in [0.29, 0.717) is 5.22 Å². The normalized spacial score (nSPS) is 12.6. The van der Waals surface area contributed by atoms with E-state index in [1.807, 2.05) is 18.2 Å². The van der Waals surface area contributed by atoms with Crippen molar-refractivity contribution in [2.24, 2.45) is 5.84 Å². The number of furan rings is 1. The van der Waals surface area contributed by atoms with Crippen LogP contribution in [0.5, 0.6) is 0 Å². The molecule has 0 spiro atoms. The summed E-state index contributed by atoms with van der Waals surface area (Å²) in [5.41, 5.74) is 3.84. The number of nitrogens with two attached hydrogens (primary N) is 1. The maximum Gasteiger partial charge on any atom is 0.193 e. The zero-order chi connectivity index (χ0) is 11.4. The fraction of sp³-hybridized carbons (Fsp3) is 0.182. The minimum absolute atomic E-state index is 0.0881. The van der Waals surface area contributed by atoms with Gasteiger partial charge < -0.3 is 4.42 Å². The van der Waals surface area contributed by atoms with Gasteiger partial charge in [0.15, 0.2) is 5.22 Å². The Bertz CT molecular complexity index is 444. The van der Waals surface area contributed by atoms with Gasteiger partial charge in [0, 0.05) is 12.4 Å². The van der Waals surface area contributed by atoms with E-state index in [1.54, 1.807) is 18.5 Å². The first kappa shape index (κ1) is 11.1. The van der Waals surface area contributed by atoms with Gasteiger partial charge in [-0.25, -0.2) is 5.43 Å². The first-order chi connectivity index (χ1) is 7.79. The van der Waals surface area contributed by atoms with Crippen LogP contribution in [0.15, 0.2) is 41.1 Å². The second-order valence-corrected chi connectivity index (χ2v) is 3.79. The highest BCUT2D eigenvalue weighted by molar-refractivity contribution is 6.28. The molecule has 5 heteroatoms. The smallest absolute Gasteiger partial charge is 0.193 e. The Balaban J connectivity index is 2.12. The van der Waals surface area contributed by atoms with Gasteiger partial charge in [-0.15, -0.1) is 0 Å². The van der Waals surface area contributed by atoms with Crippen LogP contribution in [-0.4, -0.2) is 4.98 Å². The molecule has 0 amide bonds. The molecule has 16 heavy (non-hydrogen) atoms. The van der Waals surface area contributed by atoms with Gasteiger partial charge in [-0.2, -0.15) is 0 Å². The number of pyridine rings is 1. The summed E-state index contributed by atoms with van der Waals surface area (Å²) in [5.74, 6) is 6.22. The number of hydrogen-bond donors (Lipinski definition) is 2.